The molecule has 3 nitrogen and oxygen atoms in total. The molecule has 1 unspecified atom stereocenters. The van der Waals surface area contributed by atoms with E-state index in [-0.39, 0.29) is 5.60 Å². The van der Waals surface area contributed by atoms with Gasteiger partial charge in [-0.2, -0.15) is 0 Å². The average molecular weight is 243 g/mol. The molecule has 1 rings (SSSR count). The highest BCUT2D eigenvalue weighted by Gasteiger charge is 2.39. The van der Waals surface area contributed by atoms with Crippen molar-refractivity contribution in [2.45, 2.75) is 64.0 Å². The van der Waals surface area contributed by atoms with Gasteiger partial charge in [-0.1, -0.05) is 26.2 Å². The fourth-order valence-electron chi connectivity index (χ4n) is 2.87. The second-order valence-electron chi connectivity index (χ2n) is 4.97. The van der Waals surface area contributed by atoms with Crippen LogP contribution < -0.4 is 5.32 Å². The standard InChI is InChI=1S/C14H29NO2/c1-4-11-16-12-13(15-3)14(17-5-2)9-7-6-8-10-14/h13,15H,4-12H2,1-3H3. The largest absolute Gasteiger partial charge is 0.380 e. The molecular weight excluding hydrogens is 214 g/mol. The van der Waals surface area contributed by atoms with Crippen LogP contribution in [-0.4, -0.2) is 38.5 Å². The number of rotatable bonds is 8. The van der Waals surface area contributed by atoms with Crippen molar-refractivity contribution in [3.05, 3.63) is 0 Å². The molecular formula is C14H29NO2. The second kappa shape index (κ2) is 8.06. The van der Waals surface area contributed by atoms with Crippen molar-refractivity contribution in [3.63, 3.8) is 0 Å². The van der Waals surface area contributed by atoms with E-state index >= 15 is 0 Å². The van der Waals surface area contributed by atoms with E-state index in [1.54, 1.807) is 0 Å². The van der Waals surface area contributed by atoms with Crippen molar-refractivity contribution in [2.75, 3.05) is 26.9 Å². The van der Waals surface area contributed by atoms with Crippen molar-refractivity contribution >= 4 is 0 Å². The molecule has 102 valence electrons. The Morgan fingerprint density at radius 1 is 1.18 bits per heavy atom. The van der Waals surface area contributed by atoms with Crippen molar-refractivity contribution in [1.82, 2.24) is 5.32 Å². The van der Waals surface area contributed by atoms with Crippen molar-refractivity contribution < 1.29 is 9.47 Å². The maximum atomic E-state index is 6.11. The minimum absolute atomic E-state index is 0.00942. The highest BCUT2D eigenvalue weighted by molar-refractivity contribution is 4.95. The molecule has 1 aliphatic rings. The fraction of sp³-hybridized carbons (Fsp3) is 1.00. The second-order valence-corrected chi connectivity index (χ2v) is 4.97. The molecule has 1 fully saturated rings. The van der Waals surface area contributed by atoms with Crippen LogP contribution in [0.3, 0.4) is 0 Å². The Bertz CT molecular complexity index is 185. The van der Waals surface area contributed by atoms with E-state index in [0.29, 0.717) is 6.04 Å². The van der Waals surface area contributed by atoms with Gasteiger partial charge < -0.3 is 14.8 Å². The summed E-state index contributed by atoms with van der Waals surface area (Å²) in [5, 5.41) is 3.41. The SMILES string of the molecule is CCCOCC(NC)C1(OCC)CCCCC1. The van der Waals surface area contributed by atoms with E-state index in [1.165, 1.54) is 32.1 Å². The summed E-state index contributed by atoms with van der Waals surface area (Å²) < 4.78 is 11.8. The first-order valence-corrected chi connectivity index (χ1v) is 7.18. The topological polar surface area (TPSA) is 30.5 Å². The lowest BCUT2D eigenvalue weighted by Gasteiger charge is -2.43. The molecule has 1 saturated carbocycles. The van der Waals surface area contributed by atoms with Crippen LogP contribution >= 0.6 is 0 Å². The van der Waals surface area contributed by atoms with Crippen LogP contribution in [0.5, 0.6) is 0 Å². The summed E-state index contributed by atoms with van der Waals surface area (Å²) in [5.74, 6) is 0. The summed E-state index contributed by atoms with van der Waals surface area (Å²) in [6.07, 6.45) is 7.33. The molecule has 0 amide bonds. The van der Waals surface area contributed by atoms with E-state index in [9.17, 15) is 0 Å². The zero-order valence-corrected chi connectivity index (χ0v) is 11.8. The zero-order valence-electron chi connectivity index (χ0n) is 11.8. The predicted molar refractivity (Wildman–Crippen MR) is 71.4 cm³/mol. The van der Waals surface area contributed by atoms with Crippen molar-refractivity contribution in [2.24, 2.45) is 0 Å². The Kier molecular flexibility index (Phi) is 7.09. The first-order valence-electron chi connectivity index (χ1n) is 7.18. The lowest BCUT2D eigenvalue weighted by atomic mass is 9.79. The molecule has 0 aromatic carbocycles. The predicted octanol–water partition coefficient (Wildman–Crippen LogP) is 2.74. The van der Waals surface area contributed by atoms with Crippen molar-refractivity contribution in [3.8, 4) is 0 Å². The summed E-state index contributed by atoms with van der Waals surface area (Å²) in [5.41, 5.74) is 0.00942. The molecule has 1 N–H and O–H groups in total. The van der Waals surface area contributed by atoms with E-state index < -0.39 is 0 Å². The molecule has 3 heteroatoms. The summed E-state index contributed by atoms with van der Waals surface area (Å²) >= 11 is 0. The summed E-state index contributed by atoms with van der Waals surface area (Å²) in [6, 6.07) is 0.328. The van der Waals surface area contributed by atoms with Gasteiger partial charge in [0.1, 0.15) is 0 Å². The molecule has 0 bridgehead atoms. The van der Waals surface area contributed by atoms with Crippen LogP contribution in [0.2, 0.25) is 0 Å². The van der Waals surface area contributed by atoms with E-state index in [1.807, 2.05) is 7.05 Å². The molecule has 0 heterocycles. The Morgan fingerprint density at radius 2 is 1.88 bits per heavy atom. The van der Waals surface area contributed by atoms with Crippen LogP contribution in [0.15, 0.2) is 0 Å². The highest BCUT2D eigenvalue weighted by Crippen LogP contribution is 2.34. The Balaban J connectivity index is 2.57. The van der Waals surface area contributed by atoms with Gasteiger partial charge >= 0.3 is 0 Å². The molecule has 1 atom stereocenters. The smallest absolute Gasteiger partial charge is 0.0857 e. The lowest BCUT2D eigenvalue weighted by Crippen LogP contribution is -2.55. The highest BCUT2D eigenvalue weighted by atomic mass is 16.5. The van der Waals surface area contributed by atoms with Gasteiger partial charge in [0.15, 0.2) is 0 Å². The van der Waals surface area contributed by atoms with E-state index in [0.717, 1.165) is 26.2 Å². The van der Waals surface area contributed by atoms with E-state index in [2.05, 4.69) is 19.2 Å². The quantitative estimate of drug-likeness (QED) is 0.665. The average Bonchev–Trinajstić information content (AvgIpc) is 2.36. The Labute approximate surface area is 106 Å². The third-order valence-electron chi connectivity index (χ3n) is 3.75. The maximum Gasteiger partial charge on any atom is 0.0857 e. The van der Waals surface area contributed by atoms with Gasteiger partial charge in [-0.05, 0) is 33.2 Å². The minimum atomic E-state index is 0.00942. The molecule has 0 aromatic heterocycles. The summed E-state index contributed by atoms with van der Waals surface area (Å²) in [7, 11) is 2.02. The summed E-state index contributed by atoms with van der Waals surface area (Å²) in [6.45, 7) is 6.65. The molecule has 0 radical (unpaired) electrons. The maximum absolute atomic E-state index is 6.11. The van der Waals surface area contributed by atoms with Crippen molar-refractivity contribution in [1.29, 1.82) is 0 Å². The number of ether oxygens (including phenoxy) is 2. The van der Waals surface area contributed by atoms with Gasteiger partial charge in [0.2, 0.25) is 0 Å². The van der Waals surface area contributed by atoms with Crippen LogP contribution in [-0.2, 0) is 9.47 Å². The molecule has 0 aliphatic heterocycles. The molecule has 17 heavy (non-hydrogen) atoms. The minimum Gasteiger partial charge on any atom is -0.380 e. The Hall–Kier alpha value is -0.120. The van der Waals surface area contributed by atoms with Gasteiger partial charge in [-0.15, -0.1) is 0 Å². The third-order valence-corrected chi connectivity index (χ3v) is 3.75. The number of hydrogen-bond donors (Lipinski definition) is 1. The van der Waals surface area contributed by atoms with Gasteiger partial charge in [0.05, 0.1) is 18.2 Å². The van der Waals surface area contributed by atoms with E-state index in [4.69, 9.17) is 9.47 Å². The molecule has 0 spiro atoms. The van der Waals surface area contributed by atoms with Gasteiger partial charge in [0, 0.05) is 13.2 Å². The number of likely N-dealkylation sites (N-methyl/N-ethyl adjacent to an activating group) is 1. The molecule has 0 saturated heterocycles. The number of nitrogens with one attached hydrogen (secondary N) is 1. The van der Waals surface area contributed by atoms with Crippen LogP contribution in [0.25, 0.3) is 0 Å². The lowest BCUT2D eigenvalue weighted by molar-refractivity contribution is -0.104. The number of hydrogen-bond acceptors (Lipinski definition) is 3. The molecule has 1 aliphatic carbocycles. The third kappa shape index (κ3) is 4.23. The first-order chi connectivity index (χ1) is 8.29. The van der Waals surface area contributed by atoms with Gasteiger partial charge in [-0.25, -0.2) is 0 Å². The first kappa shape index (κ1) is 14.9. The summed E-state index contributed by atoms with van der Waals surface area (Å²) in [4.78, 5) is 0. The van der Waals surface area contributed by atoms with Gasteiger partial charge in [-0.3, -0.25) is 0 Å². The van der Waals surface area contributed by atoms with Crippen LogP contribution in [0.1, 0.15) is 52.4 Å². The Morgan fingerprint density at radius 3 is 2.41 bits per heavy atom. The monoisotopic (exact) mass is 243 g/mol. The normalized spacial score (nSPS) is 21.4. The van der Waals surface area contributed by atoms with Crippen LogP contribution in [0, 0.1) is 0 Å². The fourth-order valence-corrected chi connectivity index (χ4v) is 2.87. The van der Waals surface area contributed by atoms with Gasteiger partial charge in [0.25, 0.3) is 0 Å². The zero-order chi connectivity index (χ0) is 12.6. The van der Waals surface area contributed by atoms with Crippen LogP contribution in [0.4, 0.5) is 0 Å². The molecule has 0 aromatic rings.